The molecule has 0 bridgehead atoms. The molecular weight excluding hydrogens is 418 g/mol. The highest BCUT2D eigenvalue weighted by Gasteiger charge is 2.28. The number of ether oxygens (including phenoxy) is 1. The van der Waals surface area contributed by atoms with Crippen LogP contribution in [-0.2, 0) is 14.3 Å². The summed E-state index contributed by atoms with van der Waals surface area (Å²) in [7, 11) is 0. The molecule has 0 saturated carbocycles. The van der Waals surface area contributed by atoms with Crippen LogP contribution in [0, 0.1) is 12.8 Å². The maximum Gasteiger partial charge on any atom is 0.303 e. The summed E-state index contributed by atoms with van der Waals surface area (Å²) in [5.74, 6) is -2.36. The first-order valence-electron chi connectivity index (χ1n) is 10.3. The Morgan fingerprint density at radius 3 is 2.56 bits per heavy atom. The van der Waals surface area contributed by atoms with E-state index in [4.69, 9.17) is 9.84 Å². The molecule has 2 aromatic rings. The van der Waals surface area contributed by atoms with Crippen LogP contribution in [0.1, 0.15) is 53.3 Å². The highest BCUT2D eigenvalue weighted by Crippen LogP contribution is 2.30. The van der Waals surface area contributed by atoms with Crippen molar-refractivity contribution in [1.29, 1.82) is 0 Å². The number of pyridine rings is 1. The fraction of sp³-hybridized carbons (Fsp3) is 0.429. The van der Waals surface area contributed by atoms with Gasteiger partial charge in [-0.3, -0.25) is 34.5 Å². The molecule has 1 unspecified atom stereocenters. The predicted octanol–water partition coefficient (Wildman–Crippen LogP) is 1.17. The van der Waals surface area contributed by atoms with Gasteiger partial charge in [0, 0.05) is 37.7 Å². The first kappa shape index (κ1) is 23.1. The van der Waals surface area contributed by atoms with Crippen LogP contribution in [0.3, 0.4) is 0 Å². The van der Waals surface area contributed by atoms with Gasteiger partial charge in [0.2, 0.25) is 11.9 Å². The van der Waals surface area contributed by atoms with Crippen molar-refractivity contribution in [2.24, 2.45) is 5.92 Å². The Morgan fingerprint density at radius 1 is 1.19 bits per heavy atom. The number of hydrogen-bond acceptors (Lipinski definition) is 7. The first-order valence-corrected chi connectivity index (χ1v) is 10.3. The summed E-state index contributed by atoms with van der Waals surface area (Å²) in [6, 6.07) is 3.42. The van der Waals surface area contributed by atoms with Gasteiger partial charge < -0.3 is 15.2 Å². The molecule has 0 spiro atoms. The maximum atomic E-state index is 12.9. The van der Waals surface area contributed by atoms with Gasteiger partial charge in [0.1, 0.15) is 5.56 Å². The monoisotopic (exact) mass is 443 g/mol. The van der Waals surface area contributed by atoms with Gasteiger partial charge in [-0.2, -0.15) is 0 Å². The second kappa shape index (κ2) is 10.6. The third kappa shape index (κ3) is 6.20. The molecule has 32 heavy (non-hydrogen) atoms. The minimum Gasteiger partial charge on any atom is -0.481 e. The van der Waals surface area contributed by atoms with Crippen LogP contribution in [0.2, 0.25) is 0 Å². The first-order chi connectivity index (χ1) is 15.3. The van der Waals surface area contributed by atoms with Crippen molar-refractivity contribution in [3.8, 4) is 0 Å². The van der Waals surface area contributed by atoms with Gasteiger partial charge >= 0.3 is 5.97 Å². The maximum absolute atomic E-state index is 12.9. The topological polar surface area (TPSA) is 163 Å². The van der Waals surface area contributed by atoms with Gasteiger partial charge in [-0.15, -0.1) is 0 Å². The Bertz CT molecular complexity index is 1030. The van der Waals surface area contributed by atoms with Crippen LogP contribution >= 0.6 is 0 Å². The second-order valence-corrected chi connectivity index (χ2v) is 7.55. The number of carboxylic acids is 1. The lowest BCUT2D eigenvalue weighted by Crippen LogP contribution is -2.38. The average molecular weight is 443 g/mol. The lowest BCUT2D eigenvalue weighted by Gasteiger charge is -2.31. The zero-order valence-electron chi connectivity index (χ0n) is 17.6. The number of nitrogens with one attached hydrogen (secondary N) is 3. The Hall–Kier alpha value is -3.60. The van der Waals surface area contributed by atoms with E-state index < -0.39 is 23.3 Å². The van der Waals surface area contributed by atoms with E-state index in [1.165, 1.54) is 0 Å². The molecule has 11 heteroatoms. The summed E-state index contributed by atoms with van der Waals surface area (Å²) in [5.41, 5.74) is 0.763. The summed E-state index contributed by atoms with van der Waals surface area (Å²) in [6.45, 7) is 3.06. The SMILES string of the molecule is Cc1ccc(C(NC(=O)c2cnc(NC(=O)CCC(=O)O)[nH]c2=O)C2CCOCC2)cn1. The van der Waals surface area contributed by atoms with E-state index in [-0.39, 0.29) is 36.3 Å². The zero-order valence-corrected chi connectivity index (χ0v) is 17.6. The molecule has 3 rings (SSSR count). The lowest BCUT2D eigenvalue weighted by atomic mass is 9.87. The number of carbonyl (C=O) groups excluding carboxylic acids is 2. The van der Waals surface area contributed by atoms with Crippen LogP contribution in [0.15, 0.2) is 29.3 Å². The number of rotatable bonds is 8. The molecule has 11 nitrogen and oxygen atoms in total. The van der Waals surface area contributed by atoms with Gasteiger partial charge in [-0.05, 0) is 37.3 Å². The van der Waals surface area contributed by atoms with E-state index in [2.05, 4.69) is 25.6 Å². The molecule has 1 saturated heterocycles. The average Bonchev–Trinajstić information content (AvgIpc) is 2.77. The second-order valence-electron chi connectivity index (χ2n) is 7.55. The molecular formula is C21H25N5O6. The predicted molar refractivity (Wildman–Crippen MR) is 113 cm³/mol. The number of aryl methyl sites for hydroxylation is 1. The van der Waals surface area contributed by atoms with Crippen molar-refractivity contribution in [2.45, 2.75) is 38.6 Å². The molecule has 1 aliphatic rings. The molecule has 0 aliphatic carbocycles. The largest absolute Gasteiger partial charge is 0.481 e. The minimum atomic E-state index is -1.11. The van der Waals surface area contributed by atoms with Crippen LogP contribution < -0.4 is 16.2 Å². The molecule has 170 valence electrons. The molecule has 2 amide bonds. The minimum absolute atomic E-state index is 0.122. The highest BCUT2D eigenvalue weighted by molar-refractivity contribution is 5.94. The van der Waals surface area contributed by atoms with Crippen molar-refractivity contribution in [2.75, 3.05) is 18.5 Å². The molecule has 3 heterocycles. The van der Waals surface area contributed by atoms with Crippen molar-refractivity contribution in [3.63, 3.8) is 0 Å². The van der Waals surface area contributed by atoms with Crippen LogP contribution in [0.5, 0.6) is 0 Å². The Balaban J connectivity index is 1.74. The Kier molecular flexibility index (Phi) is 7.66. The van der Waals surface area contributed by atoms with Crippen molar-refractivity contribution < 1.29 is 24.2 Å². The number of anilines is 1. The van der Waals surface area contributed by atoms with Crippen LogP contribution in [0.25, 0.3) is 0 Å². The summed E-state index contributed by atoms with van der Waals surface area (Å²) in [6.07, 6.45) is 3.70. The summed E-state index contributed by atoms with van der Waals surface area (Å²) < 4.78 is 5.43. The van der Waals surface area contributed by atoms with E-state index in [9.17, 15) is 19.2 Å². The smallest absolute Gasteiger partial charge is 0.303 e. The number of carboxylic acid groups (broad SMARTS) is 1. The zero-order chi connectivity index (χ0) is 23.1. The number of aromatic nitrogens is 3. The van der Waals surface area contributed by atoms with Crippen molar-refractivity contribution in [1.82, 2.24) is 20.3 Å². The normalized spacial score (nSPS) is 15.0. The van der Waals surface area contributed by atoms with E-state index in [1.807, 2.05) is 19.1 Å². The molecule has 0 radical (unpaired) electrons. The third-order valence-electron chi connectivity index (χ3n) is 5.18. The highest BCUT2D eigenvalue weighted by atomic mass is 16.5. The fourth-order valence-corrected chi connectivity index (χ4v) is 3.44. The number of nitrogens with zero attached hydrogens (tertiary/aromatic N) is 2. The number of carbonyl (C=O) groups is 3. The fourth-order valence-electron chi connectivity index (χ4n) is 3.44. The number of aromatic amines is 1. The van der Waals surface area contributed by atoms with Gasteiger partial charge in [-0.25, -0.2) is 4.98 Å². The van der Waals surface area contributed by atoms with E-state index in [0.717, 1.165) is 30.3 Å². The number of hydrogen-bond donors (Lipinski definition) is 4. The van der Waals surface area contributed by atoms with Crippen LogP contribution in [0.4, 0.5) is 5.95 Å². The molecule has 2 aromatic heterocycles. The molecule has 1 atom stereocenters. The molecule has 1 fully saturated rings. The van der Waals surface area contributed by atoms with Gasteiger partial charge in [0.15, 0.2) is 0 Å². The molecule has 1 aliphatic heterocycles. The van der Waals surface area contributed by atoms with Gasteiger partial charge in [0.25, 0.3) is 11.5 Å². The van der Waals surface area contributed by atoms with Crippen molar-refractivity contribution in [3.05, 3.63) is 51.7 Å². The summed E-state index contributed by atoms with van der Waals surface area (Å²) in [4.78, 5) is 58.1. The lowest BCUT2D eigenvalue weighted by molar-refractivity contribution is -0.138. The van der Waals surface area contributed by atoms with E-state index in [1.54, 1.807) is 6.20 Å². The Labute approximate surface area is 183 Å². The Morgan fingerprint density at radius 2 is 1.94 bits per heavy atom. The summed E-state index contributed by atoms with van der Waals surface area (Å²) in [5, 5.41) is 13.9. The van der Waals surface area contributed by atoms with Gasteiger partial charge in [0.05, 0.1) is 12.5 Å². The number of aliphatic carboxylic acids is 1. The molecule has 0 aromatic carbocycles. The third-order valence-corrected chi connectivity index (χ3v) is 5.18. The summed E-state index contributed by atoms with van der Waals surface area (Å²) >= 11 is 0. The molecule has 4 N–H and O–H groups in total. The standard InChI is InChI=1S/C21H25N5O6/c1-12-2-3-14(10-22-12)18(13-6-8-32-9-7-13)25-19(30)15-11-23-21(26-20(15)31)24-16(27)4-5-17(28)29/h2-3,10-11,13,18H,4-9H2,1H3,(H,25,30)(H,28,29)(H2,23,24,26,27,31). The van der Waals surface area contributed by atoms with Crippen LogP contribution in [-0.4, -0.2) is 51.1 Å². The number of H-pyrrole nitrogens is 1. The number of amides is 2. The van der Waals surface area contributed by atoms with Gasteiger partial charge in [-0.1, -0.05) is 6.07 Å². The quantitative estimate of drug-likeness (QED) is 0.472. The van der Waals surface area contributed by atoms with Crippen molar-refractivity contribution >= 4 is 23.7 Å². The van der Waals surface area contributed by atoms with E-state index in [0.29, 0.717) is 13.2 Å². The van der Waals surface area contributed by atoms with E-state index >= 15 is 0 Å².